The van der Waals surface area contributed by atoms with Crippen LogP contribution in [0.25, 0.3) is 5.57 Å². The molecule has 0 spiro atoms. The normalized spacial score (nSPS) is 13.7. The van der Waals surface area contributed by atoms with Gasteiger partial charge in [-0.1, -0.05) is 38.1 Å². The molecule has 0 radical (unpaired) electrons. The van der Waals surface area contributed by atoms with E-state index in [2.05, 4.69) is 0 Å². The predicted molar refractivity (Wildman–Crippen MR) is 86.9 cm³/mol. The minimum absolute atomic E-state index is 0.222. The lowest BCUT2D eigenvalue weighted by Crippen LogP contribution is -2.07. The number of hydrogen-bond acceptors (Lipinski definition) is 0. The molecule has 2 aromatic rings. The number of aryl methyl sites for hydroxylation is 2. The predicted octanol–water partition coefficient (Wildman–Crippen LogP) is 5.41. The van der Waals surface area contributed by atoms with Crippen LogP contribution in [0, 0.1) is 17.5 Å². The molecule has 3 rings (SSSR count). The monoisotopic (exact) mass is 316 g/mol. The topological polar surface area (TPSA) is 0 Å². The summed E-state index contributed by atoms with van der Waals surface area (Å²) >= 11 is 0. The van der Waals surface area contributed by atoms with E-state index in [-0.39, 0.29) is 11.4 Å². The van der Waals surface area contributed by atoms with Crippen LogP contribution < -0.4 is 0 Å². The molecule has 0 N–H and O–H groups in total. The summed E-state index contributed by atoms with van der Waals surface area (Å²) in [6.07, 6.45) is 4.07. The van der Waals surface area contributed by atoms with Crippen molar-refractivity contribution in [2.75, 3.05) is 0 Å². The quantitative estimate of drug-likeness (QED) is 0.710. The molecule has 23 heavy (non-hydrogen) atoms. The highest BCUT2D eigenvalue weighted by Crippen LogP contribution is 2.32. The van der Waals surface area contributed by atoms with Crippen LogP contribution in [0.5, 0.6) is 0 Å². The Kier molecular flexibility index (Phi) is 4.29. The summed E-state index contributed by atoms with van der Waals surface area (Å²) in [5, 5.41) is 0. The Morgan fingerprint density at radius 1 is 0.870 bits per heavy atom. The van der Waals surface area contributed by atoms with Gasteiger partial charge in [0.25, 0.3) is 0 Å². The average Bonchev–Trinajstić information content (AvgIpc) is 2.56. The summed E-state index contributed by atoms with van der Waals surface area (Å²) in [7, 11) is 0. The zero-order chi connectivity index (χ0) is 16.6. The van der Waals surface area contributed by atoms with E-state index >= 15 is 0 Å². The molecule has 0 fully saturated rings. The lowest BCUT2D eigenvalue weighted by molar-refractivity contribution is 0.497. The van der Waals surface area contributed by atoms with Gasteiger partial charge in [0.15, 0.2) is 11.6 Å². The number of benzene rings is 2. The standard InChI is InChI=1S/C20H19F3/c1-3-12-7-8-17(20(23)19(12)22)15-6-5-14-9-13(4-2)18(21)11-16(14)10-15/h6-9,11H,3-5,10H2,1-2H3. The van der Waals surface area contributed by atoms with Gasteiger partial charge in [-0.3, -0.25) is 0 Å². The van der Waals surface area contributed by atoms with E-state index in [0.29, 0.717) is 36.8 Å². The summed E-state index contributed by atoms with van der Waals surface area (Å²) in [6, 6.07) is 6.68. The first-order valence-electron chi connectivity index (χ1n) is 8.01. The SMILES string of the molecule is CCc1cc2c(cc1F)CC(c1ccc(CC)c(F)c1F)=CC2. The van der Waals surface area contributed by atoms with Gasteiger partial charge < -0.3 is 0 Å². The first kappa shape index (κ1) is 15.9. The Morgan fingerprint density at radius 3 is 2.30 bits per heavy atom. The molecule has 0 unspecified atom stereocenters. The summed E-state index contributed by atoms with van der Waals surface area (Å²) in [6.45, 7) is 3.71. The van der Waals surface area contributed by atoms with Crippen molar-refractivity contribution in [3.8, 4) is 0 Å². The lowest BCUT2D eigenvalue weighted by atomic mass is 9.86. The molecule has 3 heteroatoms. The van der Waals surface area contributed by atoms with Crippen LogP contribution in [0.15, 0.2) is 30.3 Å². The van der Waals surface area contributed by atoms with Gasteiger partial charge in [0.1, 0.15) is 5.82 Å². The van der Waals surface area contributed by atoms with E-state index in [4.69, 9.17) is 0 Å². The van der Waals surface area contributed by atoms with Gasteiger partial charge in [-0.25, -0.2) is 13.2 Å². The van der Waals surface area contributed by atoms with Gasteiger partial charge in [0.05, 0.1) is 0 Å². The van der Waals surface area contributed by atoms with Gasteiger partial charge in [-0.15, -0.1) is 0 Å². The van der Waals surface area contributed by atoms with E-state index in [9.17, 15) is 13.2 Å². The molecule has 0 aliphatic heterocycles. The molecule has 0 amide bonds. The van der Waals surface area contributed by atoms with Crippen molar-refractivity contribution >= 4 is 5.57 Å². The van der Waals surface area contributed by atoms with Gasteiger partial charge in [0, 0.05) is 5.56 Å². The minimum atomic E-state index is -0.801. The second-order valence-corrected chi connectivity index (χ2v) is 5.93. The molecule has 0 heterocycles. The number of fused-ring (bicyclic) bond motifs is 1. The molecule has 0 atom stereocenters. The van der Waals surface area contributed by atoms with Crippen molar-refractivity contribution in [3.63, 3.8) is 0 Å². The summed E-state index contributed by atoms with van der Waals surface area (Å²) in [5.74, 6) is -1.80. The van der Waals surface area contributed by atoms with Crippen molar-refractivity contribution in [3.05, 3.63) is 75.6 Å². The molecule has 2 aromatic carbocycles. The highest BCUT2D eigenvalue weighted by Gasteiger charge is 2.20. The Morgan fingerprint density at radius 2 is 1.61 bits per heavy atom. The number of halogens is 3. The number of rotatable bonds is 3. The highest BCUT2D eigenvalue weighted by atomic mass is 19.2. The van der Waals surface area contributed by atoms with Crippen molar-refractivity contribution in [1.82, 2.24) is 0 Å². The van der Waals surface area contributed by atoms with Crippen LogP contribution in [0.1, 0.15) is 41.7 Å². The van der Waals surface area contributed by atoms with Crippen LogP contribution in [-0.2, 0) is 25.7 Å². The van der Waals surface area contributed by atoms with E-state index in [1.54, 1.807) is 19.1 Å². The Hall–Kier alpha value is -2.03. The molecule has 1 aliphatic carbocycles. The molecular weight excluding hydrogens is 297 g/mol. The number of hydrogen-bond donors (Lipinski definition) is 0. The average molecular weight is 316 g/mol. The van der Waals surface area contributed by atoms with E-state index in [1.165, 1.54) is 6.07 Å². The second kappa shape index (κ2) is 6.23. The Bertz CT molecular complexity index is 788. The van der Waals surface area contributed by atoms with Gasteiger partial charge in [0.2, 0.25) is 0 Å². The molecule has 120 valence electrons. The van der Waals surface area contributed by atoms with Gasteiger partial charge >= 0.3 is 0 Å². The smallest absolute Gasteiger partial charge is 0.166 e. The van der Waals surface area contributed by atoms with Crippen molar-refractivity contribution in [1.29, 1.82) is 0 Å². The third kappa shape index (κ3) is 2.80. The van der Waals surface area contributed by atoms with E-state index in [0.717, 1.165) is 16.7 Å². The summed E-state index contributed by atoms with van der Waals surface area (Å²) in [4.78, 5) is 0. The third-order valence-electron chi connectivity index (χ3n) is 4.59. The molecule has 0 aromatic heterocycles. The zero-order valence-electron chi connectivity index (χ0n) is 13.3. The van der Waals surface area contributed by atoms with E-state index < -0.39 is 11.6 Å². The number of allylic oxidation sites excluding steroid dienone is 2. The first-order chi connectivity index (χ1) is 11.0. The maximum Gasteiger partial charge on any atom is 0.166 e. The third-order valence-corrected chi connectivity index (χ3v) is 4.59. The summed E-state index contributed by atoms with van der Waals surface area (Å²) < 4.78 is 42.3. The highest BCUT2D eigenvalue weighted by molar-refractivity contribution is 5.71. The van der Waals surface area contributed by atoms with Crippen LogP contribution in [0.3, 0.4) is 0 Å². The van der Waals surface area contributed by atoms with Gasteiger partial charge in [-0.2, -0.15) is 0 Å². The molecule has 0 saturated heterocycles. The maximum absolute atomic E-state index is 14.3. The fourth-order valence-corrected chi connectivity index (χ4v) is 3.16. The van der Waals surface area contributed by atoms with Gasteiger partial charge in [-0.05, 0) is 59.6 Å². The maximum atomic E-state index is 14.3. The summed E-state index contributed by atoms with van der Waals surface area (Å²) in [5.41, 5.74) is 4.01. The van der Waals surface area contributed by atoms with Crippen molar-refractivity contribution in [2.45, 2.75) is 39.5 Å². The fourth-order valence-electron chi connectivity index (χ4n) is 3.16. The van der Waals surface area contributed by atoms with Crippen LogP contribution >= 0.6 is 0 Å². The Balaban J connectivity index is 1.98. The van der Waals surface area contributed by atoms with Crippen molar-refractivity contribution < 1.29 is 13.2 Å². The molecular formula is C20H19F3. The lowest BCUT2D eigenvalue weighted by Gasteiger charge is -2.19. The van der Waals surface area contributed by atoms with E-state index in [1.807, 2.05) is 19.1 Å². The Labute approximate surface area is 134 Å². The second-order valence-electron chi connectivity index (χ2n) is 5.93. The van der Waals surface area contributed by atoms with Crippen LogP contribution in [-0.4, -0.2) is 0 Å². The van der Waals surface area contributed by atoms with Crippen LogP contribution in [0.2, 0.25) is 0 Å². The molecule has 0 bridgehead atoms. The molecule has 1 aliphatic rings. The van der Waals surface area contributed by atoms with Crippen LogP contribution in [0.4, 0.5) is 13.2 Å². The largest absolute Gasteiger partial charge is 0.207 e. The van der Waals surface area contributed by atoms with Crippen molar-refractivity contribution in [2.24, 2.45) is 0 Å². The molecule has 0 saturated carbocycles. The first-order valence-corrected chi connectivity index (χ1v) is 8.01. The zero-order valence-corrected chi connectivity index (χ0v) is 13.3. The minimum Gasteiger partial charge on any atom is -0.207 e. The fraction of sp³-hybridized carbons (Fsp3) is 0.300. The molecule has 0 nitrogen and oxygen atoms in total.